The lowest BCUT2D eigenvalue weighted by Gasteiger charge is -2.15. The molecule has 196 valence electrons. The number of allylic oxidation sites excluding steroid dienone is 1. The third-order valence-corrected chi connectivity index (χ3v) is 5.79. The SMILES string of the molecule is C=CCCCCCCOc1ccc(OC(=O)c2ccc(OC(C)CCCCCC)c([N+](=O)[O-])c2)cc1. The Bertz CT molecular complexity index is 957. The number of rotatable bonds is 18. The number of unbranched alkanes of at least 4 members (excludes halogenated alkanes) is 7. The second-order valence-corrected chi connectivity index (χ2v) is 8.92. The van der Waals surface area contributed by atoms with Crippen LogP contribution in [0.4, 0.5) is 5.69 Å². The highest BCUT2D eigenvalue weighted by molar-refractivity contribution is 5.92. The normalized spacial score (nSPS) is 11.5. The predicted molar refractivity (Wildman–Crippen MR) is 142 cm³/mol. The largest absolute Gasteiger partial charge is 0.494 e. The van der Waals surface area contributed by atoms with E-state index in [9.17, 15) is 14.9 Å². The van der Waals surface area contributed by atoms with E-state index in [1.54, 1.807) is 24.3 Å². The lowest BCUT2D eigenvalue weighted by Crippen LogP contribution is -2.14. The van der Waals surface area contributed by atoms with E-state index in [0.29, 0.717) is 18.1 Å². The third kappa shape index (κ3) is 10.5. The molecule has 0 saturated heterocycles. The molecule has 7 nitrogen and oxygen atoms in total. The van der Waals surface area contributed by atoms with E-state index in [4.69, 9.17) is 14.2 Å². The molecule has 0 aliphatic heterocycles. The van der Waals surface area contributed by atoms with Crippen LogP contribution in [0, 0.1) is 10.1 Å². The maximum atomic E-state index is 12.6. The number of ether oxygens (including phenoxy) is 3. The number of benzene rings is 2. The Morgan fingerprint density at radius 2 is 1.69 bits per heavy atom. The van der Waals surface area contributed by atoms with Crippen LogP contribution in [-0.2, 0) is 0 Å². The van der Waals surface area contributed by atoms with Crippen molar-refractivity contribution >= 4 is 11.7 Å². The lowest BCUT2D eigenvalue weighted by atomic mass is 10.1. The molecule has 0 fully saturated rings. The van der Waals surface area contributed by atoms with Crippen molar-refractivity contribution in [3.8, 4) is 17.2 Å². The van der Waals surface area contributed by atoms with Gasteiger partial charge in [-0.25, -0.2) is 4.79 Å². The molecule has 0 saturated carbocycles. The number of nitrogens with zero attached hydrogens (tertiary/aromatic N) is 1. The monoisotopic (exact) mass is 497 g/mol. The van der Waals surface area contributed by atoms with E-state index in [2.05, 4.69) is 13.5 Å². The summed E-state index contributed by atoms with van der Waals surface area (Å²) in [5, 5.41) is 11.6. The Kier molecular flexibility index (Phi) is 13.1. The third-order valence-electron chi connectivity index (χ3n) is 5.79. The van der Waals surface area contributed by atoms with Crippen LogP contribution in [-0.4, -0.2) is 23.6 Å². The maximum absolute atomic E-state index is 12.6. The van der Waals surface area contributed by atoms with E-state index in [-0.39, 0.29) is 23.1 Å². The first-order chi connectivity index (χ1) is 17.4. The van der Waals surface area contributed by atoms with E-state index in [1.165, 1.54) is 18.2 Å². The summed E-state index contributed by atoms with van der Waals surface area (Å²) in [7, 11) is 0. The summed E-state index contributed by atoms with van der Waals surface area (Å²) in [4.78, 5) is 23.7. The van der Waals surface area contributed by atoms with Crippen LogP contribution in [0.1, 0.15) is 88.4 Å². The highest BCUT2D eigenvalue weighted by Gasteiger charge is 2.21. The number of hydrogen-bond donors (Lipinski definition) is 0. The number of nitro benzene ring substituents is 1. The van der Waals surface area contributed by atoms with Crippen molar-refractivity contribution in [3.05, 3.63) is 70.8 Å². The van der Waals surface area contributed by atoms with Crippen molar-refractivity contribution in [2.45, 2.75) is 84.2 Å². The van der Waals surface area contributed by atoms with E-state index < -0.39 is 10.9 Å². The molecule has 0 N–H and O–H groups in total. The molecule has 0 spiro atoms. The zero-order chi connectivity index (χ0) is 26.2. The van der Waals surface area contributed by atoms with Gasteiger partial charge in [-0.1, -0.05) is 45.1 Å². The maximum Gasteiger partial charge on any atom is 0.343 e. The smallest absolute Gasteiger partial charge is 0.343 e. The van der Waals surface area contributed by atoms with Gasteiger partial charge in [0.05, 0.1) is 23.2 Å². The summed E-state index contributed by atoms with van der Waals surface area (Å²) >= 11 is 0. The minimum atomic E-state index is -0.676. The highest BCUT2D eigenvalue weighted by Crippen LogP contribution is 2.30. The van der Waals surface area contributed by atoms with Crippen LogP contribution in [0.25, 0.3) is 0 Å². The molecule has 0 radical (unpaired) electrons. The van der Waals surface area contributed by atoms with Gasteiger partial charge in [-0.05, 0) is 75.4 Å². The van der Waals surface area contributed by atoms with Crippen LogP contribution < -0.4 is 14.2 Å². The second-order valence-electron chi connectivity index (χ2n) is 8.92. The fourth-order valence-electron chi connectivity index (χ4n) is 3.73. The van der Waals surface area contributed by atoms with Crippen molar-refractivity contribution in [1.82, 2.24) is 0 Å². The van der Waals surface area contributed by atoms with Gasteiger partial charge in [0.2, 0.25) is 0 Å². The van der Waals surface area contributed by atoms with Gasteiger partial charge >= 0.3 is 11.7 Å². The molecule has 0 aliphatic rings. The molecule has 1 unspecified atom stereocenters. The van der Waals surface area contributed by atoms with Crippen LogP contribution in [0.3, 0.4) is 0 Å². The average molecular weight is 498 g/mol. The molecule has 0 heterocycles. The first-order valence-corrected chi connectivity index (χ1v) is 13.0. The summed E-state index contributed by atoms with van der Waals surface area (Å²) in [5.74, 6) is 0.509. The first kappa shape index (κ1) is 28.9. The van der Waals surface area contributed by atoms with Crippen molar-refractivity contribution in [2.24, 2.45) is 0 Å². The van der Waals surface area contributed by atoms with Crippen molar-refractivity contribution in [3.63, 3.8) is 0 Å². The molecule has 2 rings (SSSR count). The van der Waals surface area contributed by atoms with Crippen LogP contribution in [0.5, 0.6) is 17.2 Å². The van der Waals surface area contributed by atoms with Crippen LogP contribution in [0.2, 0.25) is 0 Å². The van der Waals surface area contributed by atoms with Gasteiger partial charge in [0, 0.05) is 6.07 Å². The van der Waals surface area contributed by atoms with E-state index in [0.717, 1.165) is 64.2 Å². The highest BCUT2D eigenvalue weighted by atomic mass is 16.6. The molecule has 0 aromatic heterocycles. The molecule has 0 amide bonds. The molecule has 7 heteroatoms. The number of carbonyl (C=O) groups excluding carboxylic acids is 1. The fourth-order valence-corrected chi connectivity index (χ4v) is 3.73. The predicted octanol–water partition coefficient (Wildman–Crippen LogP) is 8.07. The Morgan fingerprint density at radius 1 is 1.00 bits per heavy atom. The molecular formula is C29H39NO6. The number of carbonyl (C=O) groups is 1. The summed E-state index contributed by atoms with van der Waals surface area (Å²) < 4.78 is 16.9. The summed E-state index contributed by atoms with van der Waals surface area (Å²) in [5.41, 5.74) is -0.167. The van der Waals surface area contributed by atoms with Gasteiger partial charge in [0.15, 0.2) is 5.75 Å². The summed E-state index contributed by atoms with van der Waals surface area (Å²) in [6.07, 6.45) is 12.5. The standard InChI is InChI=1S/C29H39NO6/c1-4-6-8-10-11-13-21-34-25-16-18-26(19-17-25)36-29(31)24-15-20-28(27(22-24)30(32)33)35-23(3)14-12-9-7-5-2/h4,15-20,22-23H,1,5-14,21H2,2-3H3. The second kappa shape index (κ2) is 16.3. The Labute approximate surface area is 214 Å². The average Bonchev–Trinajstić information content (AvgIpc) is 2.87. The van der Waals surface area contributed by atoms with Gasteiger partial charge in [-0.15, -0.1) is 6.58 Å². The van der Waals surface area contributed by atoms with Gasteiger partial charge in [0.1, 0.15) is 11.5 Å². The minimum absolute atomic E-state index is 0.0847. The molecule has 0 aliphatic carbocycles. The van der Waals surface area contributed by atoms with Crippen molar-refractivity contribution < 1.29 is 23.9 Å². The molecule has 36 heavy (non-hydrogen) atoms. The minimum Gasteiger partial charge on any atom is -0.494 e. The van der Waals surface area contributed by atoms with Crippen LogP contribution >= 0.6 is 0 Å². The Balaban J connectivity index is 1.89. The molecule has 1 atom stereocenters. The quantitative estimate of drug-likeness (QED) is 0.0517. The molecule has 0 bridgehead atoms. The Hall–Kier alpha value is -3.35. The first-order valence-electron chi connectivity index (χ1n) is 13.0. The molecule has 2 aromatic carbocycles. The van der Waals surface area contributed by atoms with Crippen molar-refractivity contribution in [2.75, 3.05) is 6.61 Å². The van der Waals surface area contributed by atoms with Gasteiger partial charge < -0.3 is 14.2 Å². The fraction of sp³-hybridized carbons (Fsp3) is 0.483. The van der Waals surface area contributed by atoms with Gasteiger partial charge in [0.25, 0.3) is 0 Å². The topological polar surface area (TPSA) is 87.9 Å². The van der Waals surface area contributed by atoms with Crippen molar-refractivity contribution in [1.29, 1.82) is 0 Å². The number of esters is 1. The zero-order valence-corrected chi connectivity index (χ0v) is 21.6. The Morgan fingerprint density at radius 3 is 2.39 bits per heavy atom. The summed E-state index contributed by atoms with van der Waals surface area (Å²) in [6.45, 7) is 8.40. The number of nitro groups is 1. The van der Waals surface area contributed by atoms with Gasteiger partial charge in [-0.3, -0.25) is 10.1 Å². The van der Waals surface area contributed by atoms with Gasteiger partial charge in [-0.2, -0.15) is 0 Å². The lowest BCUT2D eigenvalue weighted by molar-refractivity contribution is -0.386. The molecule has 2 aromatic rings. The number of hydrogen-bond acceptors (Lipinski definition) is 6. The zero-order valence-electron chi connectivity index (χ0n) is 21.6. The van der Waals surface area contributed by atoms with E-state index >= 15 is 0 Å². The molecular weight excluding hydrogens is 458 g/mol. The van der Waals surface area contributed by atoms with E-state index in [1.807, 2.05) is 13.0 Å². The summed E-state index contributed by atoms with van der Waals surface area (Å²) in [6, 6.07) is 10.9. The van der Waals surface area contributed by atoms with Crippen LogP contribution in [0.15, 0.2) is 55.1 Å².